The summed E-state index contributed by atoms with van der Waals surface area (Å²) in [5.41, 5.74) is 0.509. The Hall–Kier alpha value is -2.83. The van der Waals surface area contributed by atoms with Gasteiger partial charge in [0, 0.05) is 38.3 Å². The monoisotopic (exact) mass is 343 g/mol. The number of carbonyl (C=O) groups is 1. The van der Waals surface area contributed by atoms with E-state index in [9.17, 15) is 4.79 Å². The standard InChI is InChI=1S/C18H21N3O4/c1-23-15-5-3-4-14(17(15)24-2)18(22)21-10-6-13(7-11-21)25-16-12-19-8-9-20-16/h3-5,8-9,12-13H,6-7,10-11H2,1-2H3. The van der Waals surface area contributed by atoms with Crippen molar-refractivity contribution in [3.05, 3.63) is 42.4 Å². The van der Waals surface area contributed by atoms with Gasteiger partial charge in [-0.25, -0.2) is 4.98 Å². The molecule has 2 aromatic rings. The molecule has 1 aromatic carbocycles. The molecule has 3 rings (SSSR count). The van der Waals surface area contributed by atoms with Crippen molar-refractivity contribution >= 4 is 5.91 Å². The van der Waals surface area contributed by atoms with E-state index in [-0.39, 0.29) is 12.0 Å². The smallest absolute Gasteiger partial charge is 0.257 e. The zero-order valence-electron chi connectivity index (χ0n) is 14.3. The Kier molecular flexibility index (Phi) is 5.33. The third-order valence-electron chi connectivity index (χ3n) is 4.19. The maximum Gasteiger partial charge on any atom is 0.257 e. The number of likely N-dealkylation sites (tertiary alicyclic amines) is 1. The molecule has 25 heavy (non-hydrogen) atoms. The molecule has 0 aliphatic carbocycles. The predicted molar refractivity (Wildman–Crippen MR) is 91.1 cm³/mol. The number of piperidine rings is 1. The summed E-state index contributed by atoms with van der Waals surface area (Å²) in [5.74, 6) is 1.47. The average molecular weight is 343 g/mol. The van der Waals surface area contributed by atoms with Crippen molar-refractivity contribution in [3.8, 4) is 17.4 Å². The van der Waals surface area contributed by atoms with Gasteiger partial charge in [0.25, 0.3) is 5.91 Å². The molecule has 132 valence electrons. The predicted octanol–water partition coefficient (Wildman–Crippen LogP) is 2.18. The minimum atomic E-state index is -0.0614. The molecule has 1 aliphatic rings. The number of carbonyl (C=O) groups excluding carboxylic acids is 1. The van der Waals surface area contributed by atoms with Crippen LogP contribution in [0.2, 0.25) is 0 Å². The Bertz CT molecular complexity index is 716. The van der Waals surface area contributed by atoms with E-state index >= 15 is 0 Å². The highest BCUT2D eigenvalue weighted by molar-refractivity contribution is 5.97. The lowest BCUT2D eigenvalue weighted by Crippen LogP contribution is -2.42. The highest BCUT2D eigenvalue weighted by Gasteiger charge is 2.27. The second kappa shape index (κ2) is 7.83. The van der Waals surface area contributed by atoms with Crippen LogP contribution < -0.4 is 14.2 Å². The van der Waals surface area contributed by atoms with Crippen molar-refractivity contribution < 1.29 is 19.0 Å². The van der Waals surface area contributed by atoms with Crippen LogP contribution in [-0.4, -0.2) is 54.2 Å². The molecule has 0 unspecified atom stereocenters. The number of hydrogen-bond acceptors (Lipinski definition) is 6. The maximum absolute atomic E-state index is 12.8. The Morgan fingerprint density at radius 3 is 2.60 bits per heavy atom. The lowest BCUT2D eigenvalue weighted by molar-refractivity contribution is 0.0583. The molecule has 1 saturated heterocycles. The molecule has 1 amide bonds. The summed E-state index contributed by atoms with van der Waals surface area (Å²) in [5, 5.41) is 0. The van der Waals surface area contributed by atoms with Gasteiger partial charge in [-0.1, -0.05) is 6.07 Å². The van der Waals surface area contributed by atoms with Gasteiger partial charge in [0.2, 0.25) is 5.88 Å². The van der Waals surface area contributed by atoms with Crippen LogP contribution in [0.3, 0.4) is 0 Å². The van der Waals surface area contributed by atoms with Crippen molar-refractivity contribution in [3.63, 3.8) is 0 Å². The summed E-state index contributed by atoms with van der Waals surface area (Å²) in [6.45, 7) is 1.23. The van der Waals surface area contributed by atoms with E-state index < -0.39 is 0 Å². The number of ether oxygens (including phenoxy) is 3. The summed E-state index contributed by atoms with van der Waals surface area (Å²) >= 11 is 0. The van der Waals surface area contributed by atoms with Crippen molar-refractivity contribution in [1.82, 2.24) is 14.9 Å². The molecule has 7 nitrogen and oxygen atoms in total. The van der Waals surface area contributed by atoms with Crippen LogP contribution in [-0.2, 0) is 0 Å². The SMILES string of the molecule is COc1cccc(C(=O)N2CCC(Oc3cnccn3)CC2)c1OC. The highest BCUT2D eigenvalue weighted by Crippen LogP contribution is 2.32. The number of amides is 1. The largest absolute Gasteiger partial charge is 0.493 e. The normalized spacial score (nSPS) is 14.9. The quantitative estimate of drug-likeness (QED) is 0.828. The molecule has 0 radical (unpaired) electrons. The number of para-hydroxylation sites is 1. The van der Waals surface area contributed by atoms with Crippen molar-refractivity contribution in [1.29, 1.82) is 0 Å². The molecule has 7 heteroatoms. The van der Waals surface area contributed by atoms with E-state index in [1.54, 1.807) is 43.9 Å². The van der Waals surface area contributed by atoms with Gasteiger partial charge in [0.1, 0.15) is 6.10 Å². The second-order valence-electron chi connectivity index (χ2n) is 5.69. The third kappa shape index (κ3) is 3.81. The molecule has 2 heterocycles. The Morgan fingerprint density at radius 1 is 1.16 bits per heavy atom. The molecular weight excluding hydrogens is 322 g/mol. The van der Waals surface area contributed by atoms with Crippen LogP contribution in [0.1, 0.15) is 23.2 Å². The van der Waals surface area contributed by atoms with Gasteiger partial charge < -0.3 is 19.1 Å². The van der Waals surface area contributed by atoms with Gasteiger partial charge in [-0.2, -0.15) is 0 Å². The molecular formula is C18H21N3O4. The molecule has 0 N–H and O–H groups in total. The van der Waals surface area contributed by atoms with E-state index in [2.05, 4.69) is 9.97 Å². The number of aromatic nitrogens is 2. The van der Waals surface area contributed by atoms with Crippen LogP contribution in [0, 0.1) is 0 Å². The van der Waals surface area contributed by atoms with Crippen LogP contribution >= 0.6 is 0 Å². The average Bonchev–Trinajstić information content (AvgIpc) is 2.68. The fourth-order valence-corrected chi connectivity index (χ4v) is 2.92. The van der Waals surface area contributed by atoms with E-state index in [1.807, 2.05) is 4.90 Å². The summed E-state index contributed by atoms with van der Waals surface area (Å²) in [7, 11) is 3.09. The van der Waals surface area contributed by atoms with E-state index in [0.717, 1.165) is 12.8 Å². The van der Waals surface area contributed by atoms with Gasteiger partial charge in [-0.05, 0) is 12.1 Å². The maximum atomic E-state index is 12.8. The Morgan fingerprint density at radius 2 is 1.96 bits per heavy atom. The zero-order chi connectivity index (χ0) is 17.6. The van der Waals surface area contributed by atoms with Crippen LogP contribution in [0.15, 0.2) is 36.8 Å². The third-order valence-corrected chi connectivity index (χ3v) is 4.19. The van der Waals surface area contributed by atoms with Crippen molar-refractivity contribution in [2.45, 2.75) is 18.9 Å². The van der Waals surface area contributed by atoms with Gasteiger partial charge in [-0.15, -0.1) is 0 Å². The van der Waals surface area contributed by atoms with Crippen LogP contribution in [0.25, 0.3) is 0 Å². The minimum Gasteiger partial charge on any atom is -0.493 e. The fourth-order valence-electron chi connectivity index (χ4n) is 2.92. The van der Waals surface area contributed by atoms with Gasteiger partial charge >= 0.3 is 0 Å². The molecule has 1 fully saturated rings. The van der Waals surface area contributed by atoms with Crippen LogP contribution in [0.5, 0.6) is 17.4 Å². The molecule has 0 saturated carbocycles. The Balaban J connectivity index is 1.64. The van der Waals surface area contributed by atoms with E-state index in [4.69, 9.17) is 14.2 Å². The fraction of sp³-hybridized carbons (Fsp3) is 0.389. The summed E-state index contributed by atoms with van der Waals surface area (Å²) in [4.78, 5) is 22.8. The molecule has 1 aliphatic heterocycles. The zero-order valence-corrected chi connectivity index (χ0v) is 14.3. The number of benzene rings is 1. The van der Waals surface area contributed by atoms with Gasteiger partial charge in [0.15, 0.2) is 11.5 Å². The summed E-state index contributed by atoms with van der Waals surface area (Å²) in [6.07, 6.45) is 6.33. The van der Waals surface area contributed by atoms with Crippen molar-refractivity contribution in [2.75, 3.05) is 27.3 Å². The Labute approximate surface area is 146 Å². The highest BCUT2D eigenvalue weighted by atomic mass is 16.5. The number of nitrogens with zero attached hydrogens (tertiary/aromatic N) is 3. The van der Waals surface area contributed by atoms with Crippen molar-refractivity contribution in [2.24, 2.45) is 0 Å². The lowest BCUT2D eigenvalue weighted by atomic mass is 10.1. The number of rotatable bonds is 5. The first kappa shape index (κ1) is 17.0. The van der Waals surface area contributed by atoms with Gasteiger partial charge in [-0.3, -0.25) is 9.78 Å². The molecule has 0 atom stereocenters. The number of hydrogen-bond donors (Lipinski definition) is 0. The molecule has 0 spiro atoms. The van der Waals surface area contributed by atoms with E-state index in [0.29, 0.717) is 36.0 Å². The van der Waals surface area contributed by atoms with Crippen LogP contribution in [0.4, 0.5) is 0 Å². The van der Waals surface area contributed by atoms with Gasteiger partial charge in [0.05, 0.1) is 26.0 Å². The minimum absolute atomic E-state index is 0.0351. The summed E-state index contributed by atoms with van der Waals surface area (Å²) in [6, 6.07) is 5.32. The van der Waals surface area contributed by atoms with E-state index in [1.165, 1.54) is 7.11 Å². The lowest BCUT2D eigenvalue weighted by Gasteiger charge is -2.32. The molecule has 0 bridgehead atoms. The summed E-state index contributed by atoms with van der Waals surface area (Å²) < 4.78 is 16.5. The first-order valence-electron chi connectivity index (χ1n) is 8.16. The second-order valence-corrected chi connectivity index (χ2v) is 5.69. The topological polar surface area (TPSA) is 73.8 Å². The first-order valence-corrected chi connectivity index (χ1v) is 8.16. The molecule has 1 aromatic heterocycles. The first-order chi connectivity index (χ1) is 12.2. The number of methoxy groups -OCH3 is 2.